The minimum absolute atomic E-state index is 0.0736. The van der Waals surface area contributed by atoms with E-state index in [1.165, 1.54) is 40.8 Å². The third kappa shape index (κ3) is 5.89. The van der Waals surface area contributed by atoms with E-state index in [4.69, 9.17) is 0 Å². The number of aromatic nitrogens is 3. The third-order valence-corrected chi connectivity index (χ3v) is 7.39. The van der Waals surface area contributed by atoms with E-state index in [1.54, 1.807) is 12.1 Å². The molecule has 0 radical (unpaired) electrons. The molecule has 0 unspecified atom stereocenters. The molecule has 4 aromatic rings. The van der Waals surface area contributed by atoms with E-state index in [0.717, 1.165) is 45.5 Å². The van der Waals surface area contributed by atoms with E-state index in [-0.39, 0.29) is 11.6 Å². The van der Waals surface area contributed by atoms with Crippen LogP contribution < -0.4 is 5.32 Å². The minimum atomic E-state index is -0.231. The maximum atomic E-state index is 13.1. The fourth-order valence-electron chi connectivity index (χ4n) is 3.69. The minimum Gasteiger partial charge on any atom is -0.348 e. The molecule has 0 aliphatic heterocycles. The van der Waals surface area contributed by atoms with Crippen LogP contribution in [0.15, 0.2) is 58.9 Å². The highest BCUT2D eigenvalue weighted by atomic mass is 32.2. The predicted molar refractivity (Wildman–Crippen MR) is 133 cm³/mol. The van der Waals surface area contributed by atoms with Crippen LogP contribution in [0, 0.1) is 26.6 Å². The second-order valence-corrected chi connectivity index (χ2v) is 10.1. The van der Waals surface area contributed by atoms with Gasteiger partial charge in [0.15, 0.2) is 10.1 Å². The first-order valence-corrected chi connectivity index (χ1v) is 12.4. The van der Waals surface area contributed by atoms with Crippen molar-refractivity contribution in [2.24, 2.45) is 0 Å². The van der Waals surface area contributed by atoms with Crippen LogP contribution in [0.25, 0.3) is 0 Å². The number of thioether (sulfide) groups is 1. The van der Waals surface area contributed by atoms with Crippen molar-refractivity contribution in [3.8, 4) is 0 Å². The number of benzene rings is 2. The topological polar surface area (TPSA) is 59.8 Å². The Hall–Kier alpha value is -2.97. The Morgan fingerprint density at radius 1 is 1.09 bits per heavy atom. The summed E-state index contributed by atoms with van der Waals surface area (Å²) in [5.41, 5.74) is 5.94. The number of aryl methyl sites for hydroxylation is 3. The second kappa shape index (κ2) is 10.3. The van der Waals surface area contributed by atoms with Gasteiger partial charge < -0.3 is 9.88 Å². The van der Waals surface area contributed by atoms with E-state index < -0.39 is 0 Å². The molecule has 0 aliphatic carbocycles. The number of rotatable bonds is 9. The molecular formula is C25H25FN4OS2. The zero-order valence-electron chi connectivity index (χ0n) is 18.8. The number of ketones is 1. The van der Waals surface area contributed by atoms with Crippen LogP contribution in [0.4, 0.5) is 15.2 Å². The van der Waals surface area contributed by atoms with Crippen LogP contribution in [-0.2, 0) is 13.0 Å². The van der Waals surface area contributed by atoms with Gasteiger partial charge in [-0.3, -0.25) is 4.79 Å². The molecular weight excluding hydrogens is 455 g/mol. The standard InChI is InChI=1S/C25H25FN4OS2/c1-16-5-4-6-21(13-16)27-24-28-29-25(33-24)32-15-23(31)22-14-17(2)30(18(22)3)12-11-19-7-9-20(26)10-8-19/h4-10,13-14H,11-12,15H2,1-3H3,(H,27,28). The molecule has 2 aromatic heterocycles. The molecule has 33 heavy (non-hydrogen) atoms. The lowest BCUT2D eigenvalue weighted by atomic mass is 10.1. The second-order valence-electron chi connectivity index (χ2n) is 7.89. The van der Waals surface area contributed by atoms with Gasteiger partial charge in [-0.2, -0.15) is 0 Å². The van der Waals surface area contributed by atoms with Gasteiger partial charge in [-0.15, -0.1) is 10.2 Å². The molecule has 0 spiro atoms. The van der Waals surface area contributed by atoms with Gasteiger partial charge in [-0.25, -0.2) is 4.39 Å². The Bertz CT molecular complexity index is 1260. The Labute approximate surface area is 201 Å². The van der Waals surface area contributed by atoms with Gasteiger partial charge in [-0.05, 0) is 68.7 Å². The number of Topliss-reactive ketones (excluding diaryl/α,β-unsaturated/α-hetero) is 1. The number of halogens is 1. The quantitative estimate of drug-likeness (QED) is 0.223. The maximum absolute atomic E-state index is 13.1. The molecule has 2 aromatic carbocycles. The molecule has 0 atom stereocenters. The molecule has 1 N–H and O–H groups in total. The van der Waals surface area contributed by atoms with Crippen molar-refractivity contribution >= 4 is 39.7 Å². The third-order valence-electron chi connectivity index (χ3n) is 5.41. The highest BCUT2D eigenvalue weighted by molar-refractivity contribution is 8.01. The van der Waals surface area contributed by atoms with Crippen molar-refractivity contribution in [3.05, 3.63) is 88.5 Å². The van der Waals surface area contributed by atoms with Crippen molar-refractivity contribution in [1.29, 1.82) is 0 Å². The lowest BCUT2D eigenvalue weighted by molar-refractivity contribution is 0.102. The summed E-state index contributed by atoms with van der Waals surface area (Å²) in [5.74, 6) is 0.150. The van der Waals surface area contributed by atoms with Gasteiger partial charge in [0.25, 0.3) is 0 Å². The molecule has 2 heterocycles. The molecule has 0 aliphatic rings. The molecule has 8 heteroatoms. The Morgan fingerprint density at radius 3 is 2.64 bits per heavy atom. The number of hydrogen-bond donors (Lipinski definition) is 1. The Kier molecular flexibility index (Phi) is 7.25. The highest BCUT2D eigenvalue weighted by Crippen LogP contribution is 2.29. The number of nitrogens with one attached hydrogen (secondary N) is 1. The van der Waals surface area contributed by atoms with Crippen molar-refractivity contribution < 1.29 is 9.18 Å². The van der Waals surface area contributed by atoms with Crippen LogP contribution in [0.3, 0.4) is 0 Å². The fraction of sp³-hybridized carbons (Fsp3) is 0.240. The van der Waals surface area contributed by atoms with Gasteiger partial charge >= 0.3 is 0 Å². The average Bonchev–Trinajstić information content (AvgIpc) is 3.35. The smallest absolute Gasteiger partial charge is 0.210 e. The zero-order valence-corrected chi connectivity index (χ0v) is 20.4. The normalized spacial score (nSPS) is 11.0. The molecule has 0 fully saturated rings. The largest absolute Gasteiger partial charge is 0.348 e. The van der Waals surface area contributed by atoms with Crippen molar-refractivity contribution in [2.75, 3.05) is 11.1 Å². The van der Waals surface area contributed by atoms with E-state index in [1.807, 2.05) is 51.1 Å². The van der Waals surface area contributed by atoms with Gasteiger partial charge in [0.2, 0.25) is 5.13 Å². The molecule has 0 saturated carbocycles. The first kappa shape index (κ1) is 23.2. The van der Waals surface area contributed by atoms with Crippen LogP contribution in [0.5, 0.6) is 0 Å². The Morgan fingerprint density at radius 2 is 1.88 bits per heavy atom. The van der Waals surface area contributed by atoms with Gasteiger partial charge in [0, 0.05) is 29.2 Å². The number of carbonyl (C=O) groups is 1. The fourth-order valence-corrected chi connectivity index (χ4v) is 5.34. The van der Waals surface area contributed by atoms with E-state index in [9.17, 15) is 9.18 Å². The summed E-state index contributed by atoms with van der Waals surface area (Å²) in [6, 6.07) is 16.6. The van der Waals surface area contributed by atoms with Crippen molar-refractivity contribution in [3.63, 3.8) is 0 Å². The molecule has 170 valence electrons. The summed E-state index contributed by atoms with van der Waals surface area (Å²) in [6.07, 6.45) is 0.778. The Balaban J connectivity index is 1.35. The number of hydrogen-bond acceptors (Lipinski definition) is 6. The predicted octanol–water partition coefficient (Wildman–Crippen LogP) is 6.37. The lowest BCUT2D eigenvalue weighted by Gasteiger charge is -2.10. The number of nitrogens with zero attached hydrogens (tertiary/aromatic N) is 3. The molecule has 0 bridgehead atoms. The molecule has 0 amide bonds. The van der Waals surface area contributed by atoms with Crippen molar-refractivity contribution in [1.82, 2.24) is 14.8 Å². The summed E-state index contributed by atoms with van der Waals surface area (Å²) in [6.45, 7) is 6.77. The van der Waals surface area contributed by atoms with E-state index in [0.29, 0.717) is 10.9 Å². The summed E-state index contributed by atoms with van der Waals surface area (Å²) < 4.78 is 16.0. The van der Waals surface area contributed by atoms with Gasteiger partial charge in [0.05, 0.1) is 5.75 Å². The van der Waals surface area contributed by atoms with Crippen molar-refractivity contribution in [2.45, 2.75) is 38.1 Å². The van der Waals surface area contributed by atoms with E-state index in [2.05, 4.69) is 20.1 Å². The first-order chi connectivity index (χ1) is 15.9. The maximum Gasteiger partial charge on any atom is 0.210 e. The monoisotopic (exact) mass is 480 g/mol. The van der Waals surface area contributed by atoms with Crippen LogP contribution >= 0.6 is 23.1 Å². The van der Waals surface area contributed by atoms with Crippen LogP contribution in [0.2, 0.25) is 0 Å². The van der Waals surface area contributed by atoms with Gasteiger partial charge in [0.1, 0.15) is 5.82 Å². The van der Waals surface area contributed by atoms with Gasteiger partial charge in [-0.1, -0.05) is 47.4 Å². The molecule has 5 nitrogen and oxygen atoms in total. The van der Waals surface area contributed by atoms with E-state index >= 15 is 0 Å². The SMILES string of the molecule is Cc1cccc(Nc2nnc(SCC(=O)c3cc(C)n(CCc4ccc(F)cc4)c3C)s2)c1. The summed E-state index contributed by atoms with van der Waals surface area (Å²) in [5, 5.41) is 12.3. The van der Waals surface area contributed by atoms with Crippen LogP contribution in [0.1, 0.15) is 32.9 Å². The lowest BCUT2D eigenvalue weighted by Crippen LogP contribution is -2.08. The number of anilines is 2. The zero-order chi connectivity index (χ0) is 23.4. The molecule has 0 saturated heterocycles. The summed E-state index contributed by atoms with van der Waals surface area (Å²) >= 11 is 2.84. The highest BCUT2D eigenvalue weighted by Gasteiger charge is 2.17. The summed E-state index contributed by atoms with van der Waals surface area (Å²) in [7, 11) is 0. The average molecular weight is 481 g/mol. The summed E-state index contributed by atoms with van der Waals surface area (Å²) in [4.78, 5) is 12.9. The first-order valence-electron chi connectivity index (χ1n) is 10.6. The van der Waals surface area contributed by atoms with Crippen LogP contribution in [-0.4, -0.2) is 26.3 Å². The molecule has 4 rings (SSSR count). The number of carbonyl (C=O) groups excluding carboxylic acids is 1.